The number of hydrogen-bond acceptors (Lipinski definition) is 5. The summed E-state index contributed by atoms with van der Waals surface area (Å²) in [6, 6.07) is 3.86. The molecule has 1 aromatic carbocycles. The SMILES string of the molecule is COC(=O)Nc1ccc(NC(=O)CBr)c([N+](=O)[O-])c1. The van der Waals surface area contributed by atoms with Crippen LogP contribution in [0.15, 0.2) is 18.2 Å². The van der Waals surface area contributed by atoms with Gasteiger partial charge in [-0.1, -0.05) is 15.9 Å². The number of rotatable bonds is 4. The highest BCUT2D eigenvalue weighted by Crippen LogP contribution is 2.28. The first-order valence-corrected chi connectivity index (χ1v) is 6.09. The van der Waals surface area contributed by atoms with Crippen LogP contribution >= 0.6 is 15.9 Å². The number of methoxy groups -OCH3 is 1. The van der Waals surface area contributed by atoms with Crippen LogP contribution in [0.25, 0.3) is 0 Å². The Hall–Kier alpha value is -2.16. The van der Waals surface area contributed by atoms with Crippen molar-refractivity contribution < 1.29 is 19.2 Å². The summed E-state index contributed by atoms with van der Waals surface area (Å²) in [6.45, 7) is 0. The van der Waals surface area contributed by atoms with Crippen molar-refractivity contribution in [1.82, 2.24) is 0 Å². The summed E-state index contributed by atoms with van der Waals surface area (Å²) < 4.78 is 4.37. The van der Waals surface area contributed by atoms with Gasteiger partial charge in [0.05, 0.1) is 23.1 Å². The maximum absolute atomic E-state index is 11.2. The smallest absolute Gasteiger partial charge is 0.411 e. The lowest BCUT2D eigenvalue weighted by Gasteiger charge is -2.07. The summed E-state index contributed by atoms with van der Waals surface area (Å²) in [5, 5.41) is 15.6. The molecule has 0 radical (unpaired) electrons. The maximum Gasteiger partial charge on any atom is 0.411 e. The third-order valence-electron chi connectivity index (χ3n) is 2.02. The highest BCUT2D eigenvalue weighted by molar-refractivity contribution is 9.09. The zero-order valence-corrected chi connectivity index (χ0v) is 11.4. The molecule has 0 spiro atoms. The minimum absolute atomic E-state index is 0.0202. The molecule has 0 atom stereocenters. The molecule has 0 aromatic heterocycles. The maximum atomic E-state index is 11.2. The van der Waals surface area contributed by atoms with Crippen LogP contribution in [-0.2, 0) is 9.53 Å². The van der Waals surface area contributed by atoms with E-state index in [2.05, 4.69) is 31.3 Å². The molecular weight excluding hydrogens is 322 g/mol. The molecule has 0 aliphatic rings. The van der Waals surface area contributed by atoms with Crippen molar-refractivity contribution in [3.8, 4) is 0 Å². The van der Waals surface area contributed by atoms with E-state index in [9.17, 15) is 19.7 Å². The molecule has 19 heavy (non-hydrogen) atoms. The van der Waals surface area contributed by atoms with Crippen molar-refractivity contribution in [2.45, 2.75) is 0 Å². The van der Waals surface area contributed by atoms with Crippen LogP contribution in [0, 0.1) is 10.1 Å². The second kappa shape index (κ2) is 6.69. The molecule has 0 aliphatic carbocycles. The van der Waals surface area contributed by atoms with E-state index in [1.54, 1.807) is 0 Å². The third-order valence-corrected chi connectivity index (χ3v) is 2.53. The Balaban J connectivity index is 3.04. The van der Waals surface area contributed by atoms with Crippen LogP contribution < -0.4 is 10.6 Å². The molecule has 2 amide bonds. The van der Waals surface area contributed by atoms with Crippen molar-refractivity contribution in [3.05, 3.63) is 28.3 Å². The van der Waals surface area contributed by atoms with Gasteiger partial charge in [-0.25, -0.2) is 4.79 Å². The molecule has 8 nitrogen and oxygen atoms in total. The monoisotopic (exact) mass is 331 g/mol. The lowest BCUT2D eigenvalue weighted by atomic mass is 10.2. The molecule has 0 unspecified atom stereocenters. The average Bonchev–Trinajstić information content (AvgIpc) is 2.39. The van der Waals surface area contributed by atoms with Gasteiger partial charge in [0.15, 0.2) is 0 Å². The van der Waals surface area contributed by atoms with Gasteiger partial charge in [0.1, 0.15) is 5.69 Å². The highest BCUT2D eigenvalue weighted by atomic mass is 79.9. The number of nitro benzene ring substituents is 1. The van der Waals surface area contributed by atoms with Crippen molar-refractivity contribution in [1.29, 1.82) is 0 Å². The lowest BCUT2D eigenvalue weighted by molar-refractivity contribution is -0.383. The van der Waals surface area contributed by atoms with E-state index in [0.717, 1.165) is 6.07 Å². The number of hydrogen-bond donors (Lipinski definition) is 2. The van der Waals surface area contributed by atoms with Crippen molar-refractivity contribution in [3.63, 3.8) is 0 Å². The van der Waals surface area contributed by atoms with E-state index in [4.69, 9.17) is 0 Å². The van der Waals surface area contributed by atoms with Gasteiger partial charge in [-0.2, -0.15) is 0 Å². The van der Waals surface area contributed by atoms with Gasteiger partial charge in [0.25, 0.3) is 5.69 Å². The predicted molar refractivity (Wildman–Crippen MR) is 71.5 cm³/mol. The number of alkyl halides is 1. The standard InChI is InChI=1S/C10H10BrN3O5/c1-19-10(16)12-6-2-3-7(13-9(15)5-11)8(4-6)14(17)18/h2-4H,5H2,1H3,(H,12,16)(H,13,15). The molecule has 102 valence electrons. The highest BCUT2D eigenvalue weighted by Gasteiger charge is 2.17. The topological polar surface area (TPSA) is 111 Å². The van der Waals surface area contributed by atoms with Gasteiger partial charge in [-0.3, -0.25) is 20.2 Å². The number of nitrogens with one attached hydrogen (secondary N) is 2. The fourth-order valence-electron chi connectivity index (χ4n) is 1.22. The second-order valence-electron chi connectivity index (χ2n) is 3.29. The molecular formula is C10H10BrN3O5. The van der Waals surface area contributed by atoms with Crippen LogP contribution in [-0.4, -0.2) is 29.4 Å². The summed E-state index contributed by atoms with van der Waals surface area (Å²) in [5.74, 6) is -0.420. The van der Waals surface area contributed by atoms with E-state index < -0.39 is 16.9 Å². The Kier molecular flexibility index (Phi) is 5.24. The molecule has 0 fully saturated rings. The van der Waals surface area contributed by atoms with Gasteiger partial charge >= 0.3 is 6.09 Å². The number of halogens is 1. The molecule has 2 N–H and O–H groups in total. The first-order valence-electron chi connectivity index (χ1n) is 4.97. The molecule has 0 saturated carbocycles. The number of anilines is 2. The number of ether oxygens (including phenoxy) is 1. The van der Waals surface area contributed by atoms with Gasteiger partial charge in [0, 0.05) is 6.07 Å². The molecule has 0 bridgehead atoms. The third kappa shape index (κ3) is 4.21. The minimum Gasteiger partial charge on any atom is -0.453 e. The summed E-state index contributed by atoms with van der Waals surface area (Å²) >= 11 is 2.93. The van der Waals surface area contributed by atoms with E-state index >= 15 is 0 Å². The summed E-state index contributed by atoms with van der Waals surface area (Å²) in [7, 11) is 1.17. The van der Waals surface area contributed by atoms with Crippen LogP contribution in [0.4, 0.5) is 21.9 Å². The largest absolute Gasteiger partial charge is 0.453 e. The summed E-state index contributed by atoms with van der Waals surface area (Å²) in [6.07, 6.45) is -0.744. The molecule has 9 heteroatoms. The fourth-order valence-corrected chi connectivity index (χ4v) is 1.36. The first kappa shape index (κ1) is 14.9. The predicted octanol–water partition coefficient (Wildman–Crippen LogP) is 2.11. The van der Waals surface area contributed by atoms with E-state index in [1.165, 1.54) is 19.2 Å². The van der Waals surface area contributed by atoms with Crippen LogP contribution in [0.2, 0.25) is 0 Å². The zero-order chi connectivity index (χ0) is 14.4. The molecule has 0 aliphatic heterocycles. The molecule has 1 aromatic rings. The Labute approximate surface area is 116 Å². The second-order valence-corrected chi connectivity index (χ2v) is 3.85. The molecule has 1 rings (SSSR count). The summed E-state index contributed by atoms with van der Waals surface area (Å²) in [4.78, 5) is 32.4. The van der Waals surface area contributed by atoms with Gasteiger partial charge in [-0.05, 0) is 12.1 Å². The van der Waals surface area contributed by atoms with E-state index in [0.29, 0.717) is 0 Å². The van der Waals surface area contributed by atoms with Crippen LogP contribution in [0.5, 0.6) is 0 Å². The zero-order valence-electron chi connectivity index (χ0n) is 9.81. The fraction of sp³-hybridized carbons (Fsp3) is 0.200. The van der Waals surface area contributed by atoms with Crippen molar-refractivity contribution in [2.75, 3.05) is 23.1 Å². The van der Waals surface area contributed by atoms with Gasteiger partial charge in [-0.15, -0.1) is 0 Å². The Morgan fingerprint density at radius 3 is 2.63 bits per heavy atom. The lowest BCUT2D eigenvalue weighted by Crippen LogP contribution is -2.14. The Morgan fingerprint density at radius 1 is 1.42 bits per heavy atom. The quantitative estimate of drug-likeness (QED) is 0.498. The number of benzene rings is 1. The average molecular weight is 332 g/mol. The number of amides is 2. The first-order chi connectivity index (χ1) is 8.97. The molecule has 0 heterocycles. The van der Waals surface area contributed by atoms with Crippen LogP contribution in [0.3, 0.4) is 0 Å². The van der Waals surface area contributed by atoms with Crippen LogP contribution in [0.1, 0.15) is 0 Å². The summed E-state index contributed by atoms with van der Waals surface area (Å²) in [5.41, 5.74) is -0.0940. The normalized spacial score (nSPS) is 9.58. The number of carbonyl (C=O) groups excluding carboxylic acids is 2. The number of nitro groups is 1. The Bertz CT molecular complexity index is 520. The van der Waals surface area contributed by atoms with E-state index in [-0.39, 0.29) is 22.4 Å². The van der Waals surface area contributed by atoms with Gasteiger partial charge < -0.3 is 10.1 Å². The number of carbonyl (C=O) groups is 2. The minimum atomic E-state index is -0.744. The number of nitrogens with zero attached hydrogens (tertiary/aromatic N) is 1. The van der Waals surface area contributed by atoms with Crippen molar-refractivity contribution in [2.24, 2.45) is 0 Å². The molecule has 0 saturated heterocycles. The van der Waals surface area contributed by atoms with Gasteiger partial charge in [0.2, 0.25) is 5.91 Å². The Morgan fingerprint density at radius 2 is 2.11 bits per heavy atom. The van der Waals surface area contributed by atoms with Crippen molar-refractivity contribution >= 4 is 45.0 Å². The van der Waals surface area contributed by atoms with E-state index in [1.807, 2.05) is 0 Å².